The second kappa shape index (κ2) is 7.72. The van der Waals surface area contributed by atoms with E-state index >= 15 is 0 Å². The Labute approximate surface area is 178 Å². The van der Waals surface area contributed by atoms with Crippen LogP contribution in [-0.2, 0) is 11.3 Å². The SMILES string of the molecule is O=C1NC(=O)c2ccc(I)cc2C1=CNCc1ccn(-c2ccsc2)c(=O)c1. The largest absolute Gasteiger partial charge is 0.386 e. The fourth-order valence-corrected chi connectivity index (χ4v) is 4.07. The number of rotatable bonds is 4. The molecule has 1 aliphatic rings. The maximum Gasteiger partial charge on any atom is 0.260 e. The molecule has 6 nitrogen and oxygen atoms in total. The topological polar surface area (TPSA) is 80.2 Å². The molecule has 0 fully saturated rings. The molecule has 0 spiro atoms. The lowest BCUT2D eigenvalue weighted by atomic mass is 9.96. The molecule has 2 aromatic heterocycles. The summed E-state index contributed by atoms with van der Waals surface area (Å²) in [5.74, 6) is -0.842. The van der Waals surface area contributed by atoms with Gasteiger partial charge in [0.05, 0.1) is 11.3 Å². The maximum absolute atomic E-state index is 12.3. The Kier molecular flexibility index (Phi) is 5.14. The molecule has 140 valence electrons. The summed E-state index contributed by atoms with van der Waals surface area (Å²) in [4.78, 5) is 36.6. The molecular weight excluding hydrogens is 489 g/mol. The van der Waals surface area contributed by atoms with Gasteiger partial charge in [-0.25, -0.2) is 0 Å². The summed E-state index contributed by atoms with van der Waals surface area (Å²) in [6.45, 7) is 0.379. The van der Waals surface area contributed by atoms with E-state index in [0.29, 0.717) is 23.2 Å². The van der Waals surface area contributed by atoms with Crippen LogP contribution in [0.2, 0.25) is 0 Å². The fourth-order valence-electron chi connectivity index (χ4n) is 2.95. The molecule has 3 heterocycles. The lowest BCUT2D eigenvalue weighted by Crippen LogP contribution is -2.37. The van der Waals surface area contributed by atoms with Crippen molar-refractivity contribution in [2.45, 2.75) is 6.54 Å². The van der Waals surface area contributed by atoms with Crippen molar-refractivity contribution in [1.82, 2.24) is 15.2 Å². The Balaban J connectivity index is 1.55. The Morgan fingerprint density at radius 3 is 2.68 bits per heavy atom. The van der Waals surface area contributed by atoms with E-state index in [1.165, 1.54) is 11.3 Å². The average Bonchev–Trinajstić information content (AvgIpc) is 3.18. The Morgan fingerprint density at radius 2 is 1.93 bits per heavy atom. The zero-order valence-electron chi connectivity index (χ0n) is 14.4. The fraction of sp³-hybridized carbons (Fsp3) is 0.0500. The Morgan fingerprint density at radius 1 is 1.07 bits per heavy atom. The quantitative estimate of drug-likeness (QED) is 0.326. The molecular formula is C20H14IN3O3S. The number of amides is 2. The van der Waals surface area contributed by atoms with E-state index in [1.807, 2.05) is 35.0 Å². The van der Waals surface area contributed by atoms with E-state index in [0.717, 1.165) is 14.8 Å². The van der Waals surface area contributed by atoms with Gasteiger partial charge >= 0.3 is 0 Å². The molecule has 8 heteroatoms. The molecule has 2 amide bonds. The number of carbonyl (C=O) groups excluding carboxylic acids is 2. The van der Waals surface area contributed by atoms with Gasteiger partial charge in [-0.2, -0.15) is 11.3 Å². The van der Waals surface area contributed by atoms with Gasteiger partial charge in [-0.15, -0.1) is 0 Å². The van der Waals surface area contributed by atoms with Gasteiger partial charge in [-0.3, -0.25) is 24.3 Å². The van der Waals surface area contributed by atoms with Crippen molar-refractivity contribution in [2.75, 3.05) is 0 Å². The van der Waals surface area contributed by atoms with Crippen LogP contribution in [0.4, 0.5) is 0 Å². The number of hydrogen-bond acceptors (Lipinski definition) is 5. The summed E-state index contributed by atoms with van der Waals surface area (Å²) < 4.78 is 2.51. The van der Waals surface area contributed by atoms with Crippen molar-refractivity contribution in [3.63, 3.8) is 0 Å². The van der Waals surface area contributed by atoms with Gasteiger partial charge in [-0.1, -0.05) is 0 Å². The normalized spacial score (nSPS) is 14.7. The third-order valence-electron chi connectivity index (χ3n) is 4.31. The number of nitrogens with one attached hydrogen (secondary N) is 2. The first kappa shape index (κ1) is 18.6. The van der Waals surface area contributed by atoms with Crippen molar-refractivity contribution in [3.8, 4) is 5.69 Å². The number of thiophene rings is 1. The minimum absolute atomic E-state index is 0.119. The second-order valence-corrected chi connectivity index (χ2v) is 8.16. The molecule has 0 aliphatic carbocycles. The van der Waals surface area contributed by atoms with Gasteiger partial charge in [0.25, 0.3) is 17.4 Å². The number of benzene rings is 1. The second-order valence-electron chi connectivity index (χ2n) is 6.14. The molecule has 4 rings (SSSR count). The molecule has 0 bridgehead atoms. The highest BCUT2D eigenvalue weighted by Crippen LogP contribution is 2.25. The number of fused-ring (bicyclic) bond motifs is 1. The van der Waals surface area contributed by atoms with Crippen LogP contribution < -0.4 is 16.2 Å². The molecule has 0 unspecified atom stereocenters. The maximum atomic E-state index is 12.3. The zero-order valence-corrected chi connectivity index (χ0v) is 17.4. The molecule has 28 heavy (non-hydrogen) atoms. The van der Waals surface area contributed by atoms with Gasteiger partial charge in [-0.05, 0) is 63.9 Å². The van der Waals surface area contributed by atoms with Gasteiger partial charge in [0.1, 0.15) is 0 Å². The molecule has 0 atom stereocenters. The van der Waals surface area contributed by atoms with Crippen LogP contribution in [0.25, 0.3) is 11.3 Å². The van der Waals surface area contributed by atoms with E-state index < -0.39 is 11.8 Å². The highest BCUT2D eigenvalue weighted by Gasteiger charge is 2.27. The smallest absolute Gasteiger partial charge is 0.260 e. The zero-order chi connectivity index (χ0) is 19.7. The van der Waals surface area contributed by atoms with Crippen LogP contribution >= 0.6 is 33.9 Å². The van der Waals surface area contributed by atoms with Crippen LogP contribution in [0, 0.1) is 3.57 Å². The lowest BCUT2D eigenvalue weighted by molar-refractivity contribution is -0.114. The minimum atomic E-state index is -0.445. The summed E-state index contributed by atoms with van der Waals surface area (Å²) in [7, 11) is 0. The molecule has 1 aromatic carbocycles. The third kappa shape index (κ3) is 3.65. The molecule has 1 aliphatic heterocycles. The number of hydrogen-bond donors (Lipinski definition) is 2. The van der Waals surface area contributed by atoms with Crippen LogP contribution in [0.3, 0.4) is 0 Å². The van der Waals surface area contributed by atoms with Crippen LogP contribution in [0.5, 0.6) is 0 Å². The lowest BCUT2D eigenvalue weighted by Gasteiger charge is -2.18. The van der Waals surface area contributed by atoms with Gasteiger partial charge in [0, 0.05) is 45.1 Å². The summed E-state index contributed by atoms with van der Waals surface area (Å²) >= 11 is 3.67. The number of imide groups is 1. The van der Waals surface area contributed by atoms with Gasteiger partial charge < -0.3 is 5.32 Å². The van der Waals surface area contributed by atoms with Crippen molar-refractivity contribution >= 4 is 51.3 Å². The molecule has 2 N–H and O–H groups in total. The van der Waals surface area contributed by atoms with Crippen LogP contribution in [0.1, 0.15) is 21.5 Å². The van der Waals surface area contributed by atoms with E-state index in [9.17, 15) is 14.4 Å². The van der Waals surface area contributed by atoms with E-state index in [1.54, 1.807) is 29.1 Å². The Bertz CT molecular complexity index is 1170. The number of halogens is 1. The number of aromatic nitrogens is 1. The summed E-state index contributed by atoms with van der Waals surface area (Å²) in [5, 5.41) is 9.25. The number of carbonyl (C=O) groups is 2. The van der Waals surface area contributed by atoms with Crippen molar-refractivity contribution < 1.29 is 9.59 Å². The van der Waals surface area contributed by atoms with E-state index in [-0.39, 0.29) is 5.56 Å². The molecule has 3 aromatic rings. The van der Waals surface area contributed by atoms with Crippen molar-refractivity contribution in [1.29, 1.82) is 0 Å². The monoisotopic (exact) mass is 503 g/mol. The Hall–Kier alpha value is -2.72. The van der Waals surface area contributed by atoms with Crippen molar-refractivity contribution in [3.05, 3.63) is 90.2 Å². The van der Waals surface area contributed by atoms with E-state index in [4.69, 9.17) is 0 Å². The predicted octanol–water partition coefficient (Wildman–Crippen LogP) is 2.90. The first-order chi connectivity index (χ1) is 13.5. The average molecular weight is 503 g/mol. The van der Waals surface area contributed by atoms with Crippen molar-refractivity contribution in [2.24, 2.45) is 0 Å². The number of pyridine rings is 1. The third-order valence-corrected chi connectivity index (χ3v) is 5.65. The summed E-state index contributed by atoms with van der Waals surface area (Å²) in [6.07, 6.45) is 3.32. The van der Waals surface area contributed by atoms with Crippen LogP contribution in [0.15, 0.2) is 64.3 Å². The first-order valence-corrected chi connectivity index (χ1v) is 10.4. The first-order valence-electron chi connectivity index (χ1n) is 8.36. The van der Waals surface area contributed by atoms with Gasteiger partial charge in [0.2, 0.25) is 0 Å². The van der Waals surface area contributed by atoms with Crippen LogP contribution in [-0.4, -0.2) is 16.4 Å². The summed E-state index contributed by atoms with van der Waals surface area (Å²) in [6, 6.07) is 10.6. The number of nitrogens with zero attached hydrogens (tertiary/aromatic N) is 1. The molecule has 0 radical (unpaired) electrons. The standard InChI is InChI=1S/C20H14IN3O3S/c21-13-1-2-15-16(8-13)17(20(27)23-19(15)26)10-22-9-12-3-5-24(18(25)7-12)14-4-6-28-11-14/h1-8,10-11,22H,9H2,(H,23,26,27). The molecule has 0 saturated carbocycles. The highest BCUT2D eigenvalue weighted by atomic mass is 127. The van der Waals surface area contributed by atoms with E-state index in [2.05, 4.69) is 33.2 Å². The minimum Gasteiger partial charge on any atom is -0.386 e. The summed E-state index contributed by atoms with van der Waals surface area (Å²) in [5.41, 5.74) is 2.97. The predicted molar refractivity (Wildman–Crippen MR) is 116 cm³/mol. The highest BCUT2D eigenvalue weighted by molar-refractivity contribution is 14.1. The molecule has 0 saturated heterocycles. The van der Waals surface area contributed by atoms with Gasteiger partial charge in [0.15, 0.2) is 0 Å².